The third kappa shape index (κ3) is 3.66. The zero-order valence-electron chi connectivity index (χ0n) is 14.5. The van der Waals surface area contributed by atoms with Gasteiger partial charge < -0.3 is 0 Å². The van der Waals surface area contributed by atoms with Crippen molar-refractivity contribution in [2.45, 2.75) is 51.0 Å². The van der Waals surface area contributed by atoms with Gasteiger partial charge in [-0.2, -0.15) is 22.1 Å². The Kier molecular flexibility index (Phi) is 4.68. The largest absolute Gasteiger partial charge is 0.281 e. The minimum absolute atomic E-state index is 0.0989. The summed E-state index contributed by atoms with van der Waals surface area (Å²) in [5.74, 6) is 0.676. The first-order valence-electron chi connectivity index (χ1n) is 9.37. The van der Waals surface area contributed by atoms with Crippen molar-refractivity contribution >= 4 is 10.2 Å². The highest BCUT2D eigenvalue weighted by atomic mass is 32.2. The molecule has 0 unspecified atom stereocenters. The zero-order chi connectivity index (χ0) is 17.4. The van der Waals surface area contributed by atoms with Crippen molar-refractivity contribution < 1.29 is 8.42 Å². The van der Waals surface area contributed by atoms with Crippen molar-refractivity contribution in [2.24, 2.45) is 5.92 Å². The predicted molar refractivity (Wildman–Crippen MR) is 94.5 cm³/mol. The quantitative estimate of drug-likeness (QED) is 0.784. The fourth-order valence-electron chi connectivity index (χ4n) is 3.70. The summed E-state index contributed by atoms with van der Waals surface area (Å²) in [6.45, 7) is 2.74. The van der Waals surface area contributed by atoms with E-state index in [0.29, 0.717) is 38.6 Å². The highest BCUT2D eigenvalue weighted by Crippen LogP contribution is 2.38. The van der Waals surface area contributed by atoms with Gasteiger partial charge in [0.05, 0.1) is 12.2 Å². The first kappa shape index (κ1) is 17.2. The number of hydrogen-bond donors (Lipinski definition) is 0. The van der Waals surface area contributed by atoms with Crippen molar-refractivity contribution in [1.29, 1.82) is 0 Å². The Morgan fingerprint density at radius 1 is 1.00 bits per heavy atom. The maximum absolute atomic E-state index is 12.7. The molecule has 8 heteroatoms. The molecule has 4 rings (SSSR count). The minimum atomic E-state index is -3.34. The van der Waals surface area contributed by atoms with Crippen LogP contribution >= 0.6 is 0 Å². The molecule has 1 aliphatic carbocycles. The molecule has 0 aromatic carbocycles. The lowest BCUT2D eigenvalue weighted by Crippen LogP contribution is -2.56. The topological polar surface area (TPSA) is 75.5 Å². The van der Waals surface area contributed by atoms with Crippen LogP contribution in [0.5, 0.6) is 0 Å². The Morgan fingerprint density at radius 3 is 2.32 bits per heavy atom. The Hall–Kier alpha value is -1.25. The monoisotopic (exact) mass is 366 g/mol. The smallest absolute Gasteiger partial charge is 0.268 e. The molecule has 0 N–H and O–H groups in total. The Bertz CT molecular complexity index is 773. The Morgan fingerprint density at radius 2 is 1.68 bits per heavy atom. The molecular weight excluding hydrogens is 340 g/mol. The van der Waals surface area contributed by atoms with Gasteiger partial charge >= 0.3 is 0 Å². The van der Waals surface area contributed by atoms with Crippen molar-refractivity contribution in [3.05, 3.63) is 28.2 Å². The van der Waals surface area contributed by atoms with Crippen LogP contribution in [0.15, 0.2) is 16.9 Å². The van der Waals surface area contributed by atoms with Gasteiger partial charge in [0.2, 0.25) is 0 Å². The molecule has 0 atom stereocenters. The summed E-state index contributed by atoms with van der Waals surface area (Å²) >= 11 is 0. The molecule has 2 aliphatic heterocycles. The van der Waals surface area contributed by atoms with E-state index in [4.69, 9.17) is 0 Å². The van der Waals surface area contributed by atoms with Gasteiger partial charge in [-0.1, -0.05) is 12.8 Å². The Labute approximate surface area is 148 Å². The number of nitrogens with zero attached hydrogens (tertiary/aromatic N) is 4. The summed E-state index contributed by atoms with van der Waals surface area (Å²) in [6.07, 6.45) is 6.42. The molecule has 0 bridgehead atoms. The molecule has 3 heterocycles. The van der Waals surface area contributed by atoms with E-state index in [1.807, 2.05) is 6.07 Å². The van der Waals surface area contributed by atoms with E-state index < -0.39 is 10.2 Å². The van der Waals surface area contributed by atoms with Gasteiger partial charge in [-0.05, 0) is 31.7 Å². The van der Waals surface area contributed by atoms with E-state index in [1.54, 1.807) is 14.7 Å². The summed E-state index contributed by atoms with van der Waals surface area (Å²) < 4.78 is 30.1. The summed E-state index contributed by atoms with van der Waals surface area (Å²) in [5, 5.41) is 4.47. The van der Waals surface area contributed by atoms with Gasteiger partial charge in [0.15, 0.2) is 0 Å². The standard InChI is InChI=1S/C17H26N4O3S/c22-17-8-7-16(15-5-6-15)18-21(17)13-14-11-20(12-14)25(23,24)19-9-3-1-2-4-10-19/h7-8,14-15H,1-6,9-13H2. The van der Waals surface area contributed by atoms with Crippen LogP contribution in [0.25, 0.3) is 0 Å². The molecule has 3 fully saturated rings. The van der Waals surface area contributed by atoms with Gasteiger partial charge in [-0.3, -0.25) is 4.79 Å². The highest BCUT2D eigenvalue weighted by molar-refractivity contribution is 7.86. The molecule has 7 nitrogen and oxygen atoms in total. The molecule has 1 aromatic rings. The van der Waals surface area contributed by atoms with Crippen LogP contribution in [0.3, 0.4) is 0 Å². The normalized spacial score (nSPS) is 24.0. The van der Waals surface area contributed by atoms with Crippen LogP contribution in [0.4, 0.5) is 0 Å². The maximum Gasteiger partial charge on any atom is 0.281 e. The average Bonchev–Trinajstić information content (AvgIpc) is 3.37. The predicted octanol–water partition coefficient (Wildman–Crippen LogP) is 1.17. The molecule has 0 amide bonds. The zero-order valence-corrected chi connectivity index (χ0v) is 15.3. The van der Waals surface area contributed by atoms with Gasteiger partial charge in [-0.15, -0.1) is 0 Å². The first-order chi connectivity index (χ1) is 12.0. The lowest BCUT2D eigenvalue weighted by Gasteiger charge is -2.40. The molecule has 2 saturated heterocycles. The first-order valence-corrected chi connectivity index (χ1v) is 10.8. The van der Waals surface area contributed by atoms with Crippen LogP contribution in [-0.2, 0) is 16.8 Å². The molecule has 0 spiro atoms. The number of aromatic nitrogens is 2. The van der Waals surface area contributed by atoms with Gasteiger partial charge in [0.1, 0.15) is 0 Å². The van der Waals surface area contributed by atoms with E-state index >= 15 is 0 Å². The summed E-state index contributed by atoms with van der Waals surface area (Å²) in [6, 6.07) is 3.42. The van der Waals surface area contributed by atoms with Crippen LogP contribution in [0.1, 0.15) is 50.1 Å². The van der Waals surface area contributed by atoms with Crippen LogP contribution < -0.4 is 5.56 Å². The third-order valence-corrected chi connectivity index (χ3v) is 7.42. The fraction of sp³-hybridized carbons (Fsp3) is 0.765. The fourth-order valence-corrected chi connectivity index (χ4v) is 5.54. The van der Waals surface area contributed by atoms with Crippen molar-refractivity contribution in [2.75, 3.05) is 26.2 Å². The van der Waals surface area contributed by atoms with E-state index in [-0.39, 0.29) is 11.5 Å². The summed E-state index contributed by atoms with van der Waals surface area (Å²) in [5.41, 5.74) is 0.895. The van der Waals surface area contributed by atoms with E-state index in [9.17, 15) is 13.2 Å². The van der Waals surface area contributed by atoms with Crippen molar-refractivity contribution in [1.82, 2.24) is 18.4 Å². The SMILES string of the molecule is O=c1ccc(C2CC2)nn1CC1CN(S(=O)(=O)N2CCCCCC2)C1. The number of hydrogen-bond acceptors (Lipinski definition) is 4. The van der Waals surface area contributed by atoms with Crippen molar-refractivity contribution in [3.63, 3.8) is 0 Å². The van der Waals surface area contributed by atoms with Crippen molar-refractivity contribution in [3.8, 4) is 0 Å². The Balaban J connectivity index is 1.37. The second-order valence-electron chi connectivity index (χ2n) is 7.56. The van der Waals surface area contributed by atoms with Gasteiger partial charge in [0, 0.05) is 44.1 Å². The second kappa shape index (κ2) is 6.81. The van der Waals surface area contributed by atoms with Crippen LogP contribution in [-0.4, -0.2) is 53.0 Å². The van der Waals surface area contributed by atoms with E-state index in [1.165, 1.54) is 4.68 Å². The molecule has 25 heavy (non-hydrogen) atoms. The van der Waals surface area contributed by atoms with Gasteiger partial charge in [-0.25, -0.2) is 4.68 Å². The average molecular weight is 366 g/mol. The lowest BCUT2D eigenvalue weighted by atomic mass is 10.0. The van der Waals surface area contributed by atoms with Gasteiger partial charge in [0.25, 0.3) is 15.8 Å². The highest BCUT2D eigenvalue weighted by Gasteiger charge is 2.39. The molecule has 3 aliphatic rings. The maximum atomic E-state index is 12.7. The number of rotatable bonds is 5. The molecule has 0 radical (unpaired) electrons. The molecule has 1 aromatic heterocycles. The molecule has 1 saturated carbocycles. The van der Waals surface area contributed by atoms with Crippen LogP contribution in [0.2, 0.25) is 0 Å². The van der Waals surface area contributed by atoms with E-state index in [2.05, 4.69) is 5.10 Å². The summed E-state index contributed by atoms with van der Waals surface area (Å²) in [4.78, 5) is 12.0. The third-order valence-electron chi connectivity index (χ3n) is 5.46. The molecular formula is C17H26N4O3S. The minimum Gasteiger partial charge on any atom is -0.268 e. The lowest BCUT2D eigenvalue weighted by molar-refractivity contribution is 0.160. The summed E-state index contributed by atoms with van der Waals surface area (Å²) in [7, 11) is -3.34. The molecule has 138 valence electrons. The van der Waals surface area contributed by atoms with E-state index in [0.717, 1.165) is 44.2 Å². The van der Waals surface area contributed by atoms with Crippen LogP contribution in [0, 0.1) is 5.92 Å². The second-order valence-corrected chi connectivity index (χ2v) is 9.49.